The van der Waals surface area contributed by atoms with E-state index < -0.39 is 29.8 Å². The minimum atomic E-state index is -1.28. The number of aliphatic carboxylic acids is 1. The summed E-state index contributed by atoms with van der Waals surface area (Å²) in [5.41, 5.74) is 5.19. The van der Waals surface area contributed by atoms with Crippen LogP contribution in [0.1, 0.15) is 24.8 Å². The molecular weight excluding hydrogens is 260 g/mol. The molecule has 1 saturated carbocycles. The quantitative estimate of drug-likeness (QED) is 0.687. The molecule has 2 rings (SSSR count). The van der Waals surface area contributed by atoms with Gasteiger partial charge in [0.05, 0.1) is 11.8 Å². The van der Waals surface area contributed by atoms with Gasteiger partial charge in [-0.1, -0.05) is 30.3 Å². The Morgan fingerprint density at radius 1 is 1.25 bits per heavy atom. The van der Waals surface area contributed by atoms with E-state index in [-0.39, 0.29) is 5.91 Å². The monoisotopic (exact) mass is 276 g/mol. The molecule has 4 N–H and O–H groups in total. The van der Waals surface area contributed by atoms with Crippen LogP contribution >= 0.6 is 0 Å². The van der Waals surface area contributed by atoms with Gasteiger partial charge in [0.25, 0.3) is 0 Å². The van der Waals surface area contributed by atoms with Crippen LogP contribution in [-0.4, -0.2) is 28.9 Å². The number of nitrogens with one attached hydrogen (secondary N) is 1. The Bertz CT molecular complexity index is 537. The summed E-state index contributed by atoms with van der Waals surface area (Å²) in [5, 5.41) is 11.4. The number of hydrogen-bond acceptors (Lipinski definition) is 3. The SMILES string of the molecule is NC(=O)C[C@@H](NC(=O)C1(c2ccccc2)CC1)C(=O)O. The van der Waals surface area contributed by atoms with Gasteiger partial charge in [-0.15, -0.1) is 0 Å². The van der Waals surface area contributed by atoms with Gasteiger partial charge in [0.15, 0.2) is 0 Å². The first kappa shape index (κ1) is 14.0. The highest BCUT2D eigenvalue weighted by atomic mass is 16.4. The van der Waals surface area contributed by atoms with Crippen LogP contribution in [0, 0.1) is 0 Å². The van der Waals surface area contributed by atoms with Crippen molar-refractivity contribution in [3.63, 3.8) is 0 Å². The smallest absolute Gasteiger partial charge is 0.326 e. The number of carbonyl (C=O) groups excluding carboxylic acids is 2. The van der Waals surface area contributed by atoms with Crippen LogP contribution in [0.25, 0.3) is 0 Å². The molecule has 106 valence electrons. The maximum atomic E-state index is 12.3. The van der Waals surface area contributed by atoms with Crippen LogP contribution in [0.5, 0.6) is 0 Å². The van der Waals surface area contributed by atoms with Crippen molar-refractivity contribution >= 4 is 17.8 Å². The molecule has 1 aliphatic carbocycles. The van der Waals surface area contributed by atoms with Gasteiger partial charge in [-0.2, -0.15) is 0 Å². The lowest BCUT2D eigenvalue weighted by Gasteiger charge is -2.19. The summed E-state index contributed by atoms with van der Waals surface area (Å²) >= 11 is 0. The van der Waals surface area contributed by atoms with Crippen LogP contribution in [0.2, 0.25) is 0 Å². The largest absolute Gasteiger partial charge is 0.480 e. The average Bonchev–Trinajstić information content (AvgIpc) is 3.19. The number of carboxylic acid groups (broad SMARTS) is 1. The van der Waals surface area contributed by atoms with Crippen LogP contribution in [-0.2, 0) is 19.8 Å². The first-order chi connectivity index (χ1) is 9.45. The molecular formula is C14H16N2O4. The molecule has 1 aliphatic rings. The van der Waals surface area contributed by atoms with E-state index in [1.54, 1.807) is 0 Å². The number of primary amides is 1. The molecule has 0 heterocycles. The van der Waals surface area contributed by atoms with Crippen LogP contribution < -0.4 is 11.1 Å². The number of carboxylic acids is 1. The average molecular weight is 276 g/mol. The Labute approximate surface area is 116 Å². The second-order valence-electron chi connectivity index (χ2n) is 4.98. The van der Waals surface area contributed by atoms with E-state index in [0.29, 0.717) is 12.8 Å². The summed E-state index contributed by atoms with van der Waals surface area (Å²) in [6.45, 7) is 0. The molecule has 1 fully saturated rings. The van der Waals surface area contributed by atoms with Gasteiger partial charge in [-0.3, -0.25) is 9.59 Å². The zero-order chi connectivity index (χ0) is 14.8. The lowest BCUT2D eigenvalue weighted by atomic mass is 9.94. The molecule has 6 heteroatoms. The van der Waals surface area contributed by atoms with Crippen molar-refractivity contribution in [2.24, 2.45) is 5.73 Å². The molecule has 0 aliphatic heterocycles. The van der Waals surface area contributed by atoms with Crippen molar-refractivity contribution in [2.45, 2.75) is 30.7 Å². The van der Waals surface area contributed by atoms with Crippen molar-refractivity contribution in [1.82, 2.24) is 5.32 Å². The Hall–Kier alpha value is -2.37. The summed E-state index contributed by atoms with van der Waals surface area (Å²) in [6, 6.07) is 7.93. The molecule has 1 aromatic rings. The molecule has 6 nitrogen and oxygen atoms in total. The first-order valence-corrected chi connectivity index (χ1v) is 6.33. The number of carbonyl (C=O) groups is 3. The molecule has 0 bridgehead atoms. The summed E-state index contributed by atoms with van der Waals surface area (Å²) in [7, 11) is 0. The Kier molecular flexibility index (Phi) is 3.74. The van der Waals surface area contributed by atoms with Gasteiger partial charge in [0, 0.05) is 0 Å². The van der Waals surface area contributed by atoms with E-state index in [1.807, 2.05) is 30.3 Å². The fourth-order valence-electron chi connectivity index (χ4n) is 2.23. The standard InChI is InChI=1S/C14H16N2O4/c15-11(17)8-10(12(18)19)16-13(20)14(6-7-14)9-4-2-1-3-5-9/h1-5,10H,6-8H2,(H2,15,17)(H,16,20)(H,18,19)/t10-/m1/s1. The number of nitrogens with two attached hydrogens (primary N) is 1. The van der Waals surface area contributed by atoms with Crippen LogP contribution in [0.3, 0.4) is 0 Å². The third-order valence-corrected chi connectivity index (χ3v) is 3.52. The fraction of sp³-hybridized carbons (Fsp3) is 0.357. The third kappa shape index (κ3) is 2.79. The molecule has 1 atom stereocenters. The summed E-state index contributed by atoms with van der Waals surface area (Å²) < 4.78 is 0. The van der Waals surface area contributed by atoms with E-state index in [1.165, 1.54) is 0 Å². The van der Waals surface area contributed by atoms with Gasteiger partial charge >= 0.3 is 5.97 Å². The molecule has 0 unspecified atom stereocenters. The van der Waals surface area contributed by atoms with Crippen LogP contribution in [0.4, 0.5) is 0 Å². The summed E-state index contributed by atoms with van der Waals surface area (Å²) in [5.74, 6) is -2.39. The predicted octanol–water partition coefficient (Wildman–Crippen LogP) is 0.163. The predicted molar refractivity (Wildman–Crippen MR) is 70.7 cm³/mol. The van der Waals surface area contributed by atoms with Gasteiger partial charge in [-0.05, 0) is 18.4 Å². The Morgan fingerprint density at radius 3 is 2.30 bits per heavy atom. The van der Waals surface area contributed by atoms with Gasteiger partial charge in [0.1, 0.15) is 6.04 Å². The van der Waals surface area contributed by atoms with Crippen molar-refractivity contribution in [3.8, 4) is 0 Å². The number of benzene rings is 1. The van der Waals surface area contributed by atoms with Gasteiger partial charge < -0.3 is 16.2 Å². The van der Waals surface area contributed by atoms with E-state index in [9.17, 15) is 14.4 Å². The zero-order valence-electron chi connectivity index (χ0n) is 10.8. The zero-order valence-corrected chi connectivity index (χ0v) is 10.8. The normalized spacial score (nSPS) is 17.0. The maximum Gasteiger partial charge on any atom is 0.326 e. The van der Waals surface area contributed by atoms with Crippen molar-refractivity contribution in [2.75, 3.05) is 0 Å². The van der Waals surface area contributed by atoms with E-state index in [2.05, 4.69) is 5.32 Å². The molecule has 1 aromatic carbocycles. The highest BCUT2D eigenvalue weighted by Crippen LogP contribution is 2.48. The minimum absolute atomic E-state index is 0.364. The van der Waals surface area contributed by atoms with E-state index in [4.69, 9.17) is 10.8 Å². The first-order valence-electron chi connectivity index (χ1n) is 6.33. The second-order valence-corrected chi connectivity index (χ2v) is 4.98. The van der Waals surface area contributed by atoms with E-state index in [0.717, 1.165) is 5.56 Å². The summed E-state index contributed by atoms with van der Waals surface area (Å²) in [4.78, 5) is 34.2. The molecule has 2 amide bonds. The molecule has 0 saturated heterocycles. The summed E-state index contributed by atoms with van der Waals surface area (Å²) in [6.07, 6.45) is 0.934. The fourth-order valence-corrected chi connectivity index (χ4v) is 2.23. The Balaban J connectivity index is 2.11. The molecule has 0 spiro atoms. The lowest BCUT2D eigenvalue weighted by molar-refractivity contribution is -0.143. The molecule has 0 aromatic heterocycles. The third-order valence-electron chi connectivity index (χ3n) is 3.52. The van der Waals surface area contributed by atoms with Crippen LogP contribution in [0.15, 0.2) is 30.3 Å². The maximum absolute atomic E-state index is 12.3. The minimum Gasteiger partial charge on any atom is -0.480 e. The Morgan fingerprint density at radius 2 is 1.85 bits per heavy atom. The molecule has 20 heavy (non-hydrogen) atoms. The highest BCUT2D eigenvalue weighted by Gasteiger charge is 2.51. The number of hydrogen-bond donors (Lipinski definition) is 3. The van der Waals surface area contributed by atoms with Gasteiger partial charge in [0.2, 0.25) is 11.8 Å². The molecule has 0 radical (unpaired) electrons. The van der Waals surface area contributed by atoms with Crippen molar-refractivity contribution in [3.05, 3.63) is 35.9 Å². The van der Waals surface area contributed by atoms with Gasteiger partial charge in [-0.25, -0.2) is 4.79 Å². The lowest BCUT2D eigenvalue weighted by Crippen LogP contribution is -2.47. The van der Waals surface area contributed by atoms with E-state index >= 15 is 0 Å². The van der Waals surface area contributed by atoms with Crippen molar-refractivity contribution < 1.29 is 19.5 Å². The second kappa shape index (κ2) is 5.32. The number of rotatable bonds is 6. The topological polar surface area (TPSA) is 109 Å². The highest BCUT2D eigenvalue weighted by molar-refractivity contribution is 5.95. The van der Waals surface area contributed by atoms with Crippen molar-refractivity contribution in [1.29, 1.82) is 0 Å². The number of amides is 2.